The van der Waals surface area contributed by atoms with E-state index in [1.165, 1.54) is 11.8 Å². The molecule has 1 saturated heterocycles. The van der Waals surface area contributed by atoms with Crippen molar-refractivity contribution in [1.29, 1.82) is 0 Å². The number of nitrogens with one attached hydrogen (secondary N) is 1. The van der Waals surface area contributed by atoms with E-state index in [-0.39, 0.29) is 79.2 Å². The minimum atomic E-state index is -4.72. The molecule has 3 aromatic heterocycles. The lowest BCUT2D eigenvalue weighted by atomic mass is 10.1. The number of piperazine rings is 1. The lowest BCUT2D eigenvalue weighted by molar-refractivity contribution is -0.218. The molecule has 4 aromatic rings. The summed E-state index contributed by atoms with van der Waals surface area (Å²) in [4.78, 5) is 56.2. The first kappa shape index (κ1) is 35.7. The molecule has 1 fully saturated rings. The molecular weight excluding hydrogens is 703 g/mol. The highest BCUT2D eigenvalue weighted by Crippen LogP contribution is 2.35. The normalized spacial score (nSPS) is 15.6. The number of benzene rings is 1. The second-order valence-electron chi connectivity index (χ2n) is 11.7. The molecule has 1 aromatic carbocycles. The van der Waals surface area contributed by atoms with Crippen molar-refractivity contribution >= 4 is 46.1 Å². The van der Waals surface area contributed by atoms with Crippen LogP contribution < -0.4 is 15.8 Å². The summed E-state index contributed by atoms with van der Waals surface area (Å²) in [7, 11) is 0. The van der Waals surface area contributed by atoms with Crippen LogP contribution in [0.1, 0.15) is 46.6 Å². The number of carbonyl (C=O) groups excluding carboxylic acids is 2. The van der Waals surface area contributed by atoms with Crippen LogP contribution in [-0.2, 0) is 28.0 Å². The Bertz CT molecular complexity index is 2130. The number of aliphatic hydroxyl groups is 2. The number of alkyl halides is 3. The molecule has 2 aliphatic rings. The Hall–Kier alpha value is -5.11. The van der Waals surface area contributed by atoms with E-state index < -0.39 is 45.8 Å². The van der Waals surface area contributed by atoms with Crippen molar-refractivity contribution in [3.8, 4) is 5.75 Å². The third-order valence-electron chi connectivity index (χ3n) is 8.57. The molecule has 0 spiro atoms. The molecule has 270 valence electrons. The summed E-state index contributed by atoms with van der Waals surface area (Å²) in [6, 6.07) is 2.10. The maximum atomic E-state index is 14.2. The summed E-state index contributed by atoms with van der Waals surface area (Å²) in [5, 5.41) is 39.5. The fourth-order valence-corrected chi connectivity index (χ4v) is 6.11. The average molecular weight is 734 g/mol. The molecule has 2 aliphatic heterocycles. The van der Waals surface area contributed by atoms with Crippen LogP contribution >= 0.6 is 11.6 Å². The predicted molar refractivity (Wildman–Crippen MR) is 174 cm³/mol. The molecule has 20 heteroatoms. The number of hydrogen-bond donors (Lipinski definition) is 4. The first-order valence-corrected chi connectivity index (χ1v) is 16.0. The molecule has 0 bridgehead atoms. The number of amides is 2. The third kappa shape index (κ3) is 6.60. The van der Waals surface area contributed by atoms with E-state index in [2.05, 4.69) is 25.4 Å². The van der Waals surface area contributed by atoms with Gasteiger partial charge in [0.1, 0.15) is 12.0 Å². The molecule has 4 N–H and O–H groups in total. The number of nitrogens with zero attached hydrogens (tertiary/aromatic N) is 8. The fraction of sp³-hybridized carbons (Fsp3) is 0.387. The van der Waals surface area contributed by atoms with Crippen LogP contribution in [0.4, 0.5) is 24.5 Å². The van der Waals surface area contributed by atoms with Gasteiger partial charge in [0.15, 0.2) is 17.3 Å². The van der Waals surface area contributed by atoms with E-state index in [9.17, 15) is 42.9 Å². The summed E-state index contributed by atoms with van der Waals surface area (Å²) in [6.45, 7) is 3.96. The monoisotopic (exact) mass is 733 g/mol. The highest BCUT2D eigenvalue weighted by atomic mass is 35.5. The number of anilines is 2. The van der Waals surface area contributed by atoms with Crippen LogP contribution in [0.2, 0.25) is 5.02 Å². The van der Waals surface area contributed by atoms with Crippen LogP contribution in [0.5, 0.6) is 5.75 Å². The van der Waals surface area contributed by atoms with Gasteiger partial charge in [0.25, 0.3) is 11.5 Å². The Morgan fingerprint density at radius 3 is 2.47 bits per heavy atom. The minimum absolute atomic E-state index is 0.0464. The van der Waals surface area contributed by atoms with Crippen molar-refractivity contribution in [3.63, 3.8) is 0 Å². The van der Waals surface area contributed by atoms with Crippen molar-refractivity contribution in [1.82, 2.24) is 34.0 Å². The van der Waals surface area contributed by atoms with E-state index in [1.54, 1.807) is 17.9 Å². The fourth-order valence-electron chi connectivity index (χ4n) is 5.88. The molecule has 16 nitrogen and oxygen atoms in total. The first-order valence-electron chi connectivity index (χ1n) is 15.6. The van der Waals surface area contributed by atoms with Crippen molar-refractivity contribution in [2.75, 3.05) is 49.6 Å². The molecule has 0 unspecified atom stereocenters. The first-order chi connectivity index (χ1) is 24.1. The van der Waals surface area contributed by atoms with Gasteiger partial charge in [-0.2, -0.15) is 22.7 Å². The van der Waals surface area contributed by atoms with E-state index >= 15 is 0 Å². The van der Waals surface area contributed by atoms with Crippen molar-refractivity contribution < 1.29 is 42.8 Å². The maximum Gasteiger partial charge on any atom is 0.416 e. The van der Waals surface area contributed by atoms with Gasteiger partial charge in [-0.25, -0.2) is 9.97 Å². The molecule has 0 aliphatic carbocycles. The number of rotatable bonds is 7. The van der Waals surface area contributed by atoms with Crippen molar-refractivity contribution in [2.45, 2.75) is 38.8 Å². The summed E-state index contributed by atoms with van der Waals surface area (Å²) in [5.41, 5.74) is -1.61. The molecular formula is C31H31ClF3N9O7. The lowest BCUT2D eigenvalue weighted by Gasteiger charge is -2.37. The topological polar surface area (TPSA) is 201 Å². The molecule has 0 saturated carbocycles. The van der Waals surface area contributed by atoms with Crippen molar-refractivity contribution in [2.24, 2.45) is 0 Å². The zero-order valence-electron chi connectivity index (χ0n) is 27.1. The Balaban J connectivity index is 1.41. The van der Waals surface area contributed by atoms with E-state index in [4.69, 9.17) is 16.3 Å². The average Bonchev–Trinajstić information content (AvgIpc) is 3.55. The van der Waals surface area contributed by atoms with Crippen molar-refractivity contribution in [3.05, 3.63) is 74.4 Å². The number of aromatic hydroxyl groups is 1. The molecule has 0 radical (unpaired) electrons. The van der Waals surface area contributed by atoms with Gasteiger partial charge in [0.2, 0.25) is 5.78 Å². The van der Waals surface area contributed by atoms with Gasteiger partial charge in [-0.15, -0.1) is 5.10 Å². The van der Waals surface area contributed by atoms with E-state index in [0.717, 1.165) is 21.5 Å². The largest absolute Gasteiger partial charge is 0.504 e. The molecule has 2 amide bonds. The van der Waals surface area contributed by atoms with Gasteiger partial charge in [0.05, 0.1) is 40.9 Å². The Kier molecular flexibility index (Phi) is 9.49. The second kappa shape index (κ2) is 13.5. The maximum absolute atomic E-state index is 14.2. The minimum Gasteiger partial charge on any atom is -0.504 e. The predicted octanol–water partition coefficient (Wildman–Crippen LogP) is 1.93. The summed E-state index contributed by atoms with van der Waals surface area (Å²) in [6.07, 6.45) is -1.54. The van der Waals surface area contributed by atoms with E-state index in [1.807, 2.05) is 0 Å². The standard InChI is InChI=1S/C31H31ClF3N9O7/c1-3-21-23(41-8-10-42(11-9-41)26(46)22-24(45)16(2)36-15-37-22)27(47)44-29(39-25(40-44)17-6-12-51-13-7-17)43(21)31(49,50)28(48)38-20-5-4-18(14-19(20)32)30(33,34)35/h4-6,14-15,45,49-50H,3,7-13H2,1-2H3,(H,38,48). The highest BCUT2D eigenvalue weighted by Gasteiger charge is 2.42. The van der Waals surface area contributed by atoms with Crippen LogP contribution in [0.25, 0.3) is 11.4 Å². The van der Waals surface area contributed by atoms with Gasteiger partial charge in [-0.1, -0.05) is 24.6 Å². The smallest absolute Gasteiger partial charge is 0.416 e. The van der Waals surface area contributed by atoms with Gasteiger partial charge < -0.3 is 35.2 Å². The number of fused-ring (bicyclic) bond motifs is 1. The summed E-state index contributed by atoms with van der Waals surface area (Å²) < 4.78 is 46.6. The Labute approximate surface area is 291 Å². The second-order valence-corrected chi connectivity index (χ2v) is 12.1. The zero-order chi connectivity index (χ0) is 36.8. The number of aromatic nitrogens is 6. The molecule has 0 atom stereocenters. The molecule has 5 heterocycles. The SMILES string of the molecule is CCc1c(N2CCN(C(=O)c3ncnc(C)c3O)CC2)c(=O)n2nc(C3=CCOCC3)nc2n1C(O)(O)C(=O)Nc1ccc(C(F)(F)F)cc1Cl. The van der Waals surface area contributed by atoms with Gasteiger partial charge >= 0.3 is 18.0 Å². The van der Waals surface area contributed by atoms with Gasteiger partial charge in [-0.3, -0.25) is 19.0 Å². The zero-order valence-corrected chi connectivity index (χ0v) is 27.9. The quantitative estimate of drug-likeness (QED) is 0.202. The summed E-state index contributed by atoms with van der Waals surface area (Å²) in [5.74, 6) is -6.29. The molecule has 51 heavy (non-hydrogen) atoms. The third-order valence-corrected chi connectivity index (χ3v) is 8.88. The Morgan fingerprint density at radius 1 is 1.12 bits per heavy atom. The van der Waals surface area contributed by atoms with Crippen LogP contribution in [0.15, 0.2) is 35.4 Å². The number of aryl methyl sites for hydroxylation is 1. The van der Waals surface area contributed by atoms with E-state index in [0.29, 0.717) is 30.7 Å². The van der Waals surface area contributed by atoms with Crippen LogP contribution in [-0.4, -0.2) is 101 Å². The Morgan fingerprint density at radius 2 is 1.84 bits per heavy atom. The van der Waals surface area contributed by atoms with Gasteiger partial charge in [-0.05, 0) is 43.5 Å². The highest BCUT2D eigenvalue weighted by molar-refractivity contribution is 6.33. The molecule has 6 rings (SSSR count). The number of carbonyl (C=O) groups is 2. The van der Waals surface area contributed by atoms with Gasteiger partial charge in [0, 0.05) is 26.2 Å². The number of hydrogen-bond acceptors (Lipinski definition) is 12. The van der Waals surface area contributed by atoms with Crippen LogP contribution in [0.3, 0.4) is 0 Å². The number of ether oxygens (including phenoxy) is 1. The van der Waals surface area contributed by atoms with Crippen LogP contribution in [0, 0.1) is 6.92 Å². The lowest BCUT2D eigenvalue weighted by Crippen LogP contribution is -2.52. The summed E-state index contributed by atoms with van der Waals surface area (Å²) >= 11 is 6.03. The number of halogens is 4.